The van der Waals surface area contributed by atoms with E-state index < -0.39 is 18.0 Å². The number of hydrogen-bond acceptors (Lipinski definition) is 4. The molecule has 2 aromatic rings. The zero-order valence-electron chi connectivity index (χ0n) is 16.1. The Morgan fingerprint density at radius 2 is 1.55 bits per heavy atom. The topological polar surface area (TPSA) is 96.5 Å². The number of carbonyl (C=O) groups excluding carboxylic acids is 3. The van der Waals surface area contributed by atoms with Crippen LogP contribution in [0.3, 0.4) is 0 Å². The second-order valence-corrected chi connectivity index (χ2v) is 7.01. The summed E-state index contributed by atoms with van der Waals surface area (Å²) in [7, 11) is 0. The molecule has 0 spiro atoms. The van der Waals surface area contributed by atoms with E-state index in [9.17, 15) is 14.4 Å². The second-order valence-electron chi connectivity index (χ2n) is 7.01. The fourth-order valence-electron chi connectivity index (χ4n) is 2.76. The van der Waals surface area contributed by atoms with E-state index in [1.54, 1.807) is 0 Å². The summed E-state index contributed by atoms with van der Waals surface area (Å²) in [6.45, 7) is -0.0164. The Morgan fingerprint density at radius 1 is 0.931 bits per heavy atom. The maximum Gasteiger partial charge on any atom is 0.408 e. The van der Waals surface area contributed by atoms with Gasteiger partial charge in [0, 0.05) is 12.5 Å². The van der Waals surface area contributed by atoms with Crippen LogP contribution in [-0.4, -0.2) is 36.5 Å². The highest BCUT2D eigenvalue weighted by Crippen LogP contribution is 2.18. The van der Waals surface area contributed by atoms with Gasteiger partial charge in [0.25, 0.3) is 0 Å². The van der Waals surface area contributed by atoms with Gasteiger partial charge in [-0.05, 0) is 24.0 Å². The monoisotopic (exact) mass is 395 g/mol. The number of nitrogens with one attached hydrogen (secondary N) is 3. The first-order chi connectivity index (χ1) is 14.1. The van der Waals surface area contributed by atoms with Crippen LogP contribution in [0.2, 0.25) is 0 Å². The molecule has 29 heavy (non-hydrogen) atoms. The number of carbonyl (C=O) groups is 3. The molecule has 0 unspecified atom stereocenters. The summed E-state index contributed by atoms with van der Waals surface area (Å²) >= 11 is 0. The van der Waals surface area contributed by atoms with Crippen LogP contribution in [0.4, 0.5) is 4.79 Å². The van der Waals surface area contributed by atoms with E-state index in [0.717, 1.165) is 24.0 Å². The van der Waals surface area contributed by atoms with Gasteiger partial charge in [0.2, 0.25) is 11.8 Å². The summed E-state index contributed by atoms with van der Waals surface area (Å²) in [6.07, 6.45) is 1.56. The highest BCUT2D eigenvalue weighted by atomic mass is 16.5. The number of rotatable bonds is 9. The van der Waals surface area contributed by atoms with Crippen molar-refractivity contribution in [3.05, 3.63) is 71.8 Å². The van der Waals surface area contributed by atoms with Crippen LogP contribution >= 0.6 is 0 Å². The molecule has 0 radical (unpaired) electrons. The normalized spacial score (nSPS) is 13.8. The molecule has 0 heterocycles. The van der Waals surface area contributed by atoms with Crippen LogP contribution in [0.5, 0.6) is 0 Å². The lowest BCUT2D eigenvalue weighted by atomic mass is 10.1. The smallest absolute Gasteiger partial charge is 0.408 e. The average Bonchev–Trinajstić information content (AvgIpc) is 3.55. The third-order valence-corrected chi connectivity index (χ3v) is 4.47. The molecule has 3 rings (SSSR count). The van der Waals surface area contributed by atoms with E-state index in [1.807, 2.05) is 60.7 Å². The van der Waals surface area contributed by atoms with Gasteiger partial charge in [-0.1, -0.05) is 60.7 Å². The summed E-state index contributed by atoms with van der Waals surface area (Å²) in [5, 5.41) is 8.01. The Bertz CT molecular complexity index is 822. The molecule has 0 bridgehead atoms. The minimum absolute atomic E-state index is 0.107. The van der Waals surface area contributed by atoms with E-state index in [-0.39, 0.29) is 31.5 Å². The Kier molecular flexibility index (Phi) is 7.22. The zero-order chi connectivity index (χ0) is 20.5. The number of ether oxygens (including phenoxy) is 1. The lowest BCUT2D eigenvalue weighted by Gasteiger charge is -2.18. The lowest BCUT2D eigenvalue weighted by Crippen LogP contribution is -2.50. The molecule has 7 nitrogen and oxygen atoms in total. The van der Waals surface area contributed by atoms with Crippen molar-refractivity contribution in [1.29, 1.82) is 0 Å². The quantitative estimate of drug-likeness (QED) is 0.604. The van der Waals surface area contributed by atoms with Gasteiger partial charge in [-0.25, -0.2) is 4.79 Å². The maximum atomic E-state index is 12.6. The zero-order valence-corrected chi connectivity index (χ0v) is 16.1. The molecule has 0 aliphatic heterocycles. The Balaban J connectivity index is 1.54. The van der Waals surface area contributed by atoms with Crippen molar-refractivity contribution in [2.24, 2.45) is 0 Å². The largest absolute Gasteiger partial charge is 0.445 e. The molecule has 0 saturated heterocycles. The molecule has 1 fully saturated rings. The molecule has 1 aliphatic carbocycles. The number of amides is 3. The standard InChI is InChI=1S/C22H25N3O4/c26-20(24-18-11-12-18)14-23-21(27)19(13-16-7-3-1-4-8-16)25-22(28)29-15-17-9-5-2-6-10-17/h1-10,18-19H,11-15H2,(H,23,27)(H,24,26)(H,25,28)/t19-/m0/s1. The summed E-state index contributed by atoms with van der Waals surface area (Å²) < 4.78 is 5.22. The molecule has 1 saturated carbocycles. The van der Waals surface area contributed by atoms with Crippen molar-refractivity contribution in [1.82, 2.24) is 16.0 Å². The molecule has 1 atom stereocenters. The molecule has 2 aromatic carbocycles. The summed E-state index contributed by atoms with van der Waals surface area (Å²) in [4.78, 5) is 36.6. The molecule has 7 heteroatoms. The van der Waals surface area contributed by atoms with Crippen molar-refractivity contribution in [2.75, 3.05) is 6.54 Å². The van der Waals surface area contributed by atoms with E-state index in [0.29, 0.717) is 0 Å². The third kappa shape index (κ3) is 7.29. The molecule has 1 aliphatic rings. The van der Waals surface area contributed by atoms with Gasteiger partial charge in [-0.3, -0.25) is 9.59 Å². The van der Waals surface area contributed by atoms with Crippen LogP contribution in [0.1, 0.15) is 24.0 Å². The van der Waals surface area contributed by atoms with Crippen molar-refractivity contribution >= 4 is 17.9 Å². The first-order valence-electron chi connectivity index (χ1n) is 9.68. The Hall–Kier alpha value is -3.35. The number of hydrogen-bond donors (Lipinski definition) is 3. The molecule has 0 aromatic heterocycles. The van der Waals surface area contributed by atoms with E-state index >= 15 is 0 Å². The highest BCUT2D eigenvalue weighted by molar-refractivity contribution is 5.89. The summed E-state index contributed by atoms with van der Waals surface area (Å²) in [5.74, 6) is -0.664. The fourth-order valence-corrected chi connectivity index (χ4v) is 2.76. The molecular weight excluding hydrogens is 370 g/mol. The number of benzene rings is 2. The predicted molar refractivity (Wildman–Crippen MR) is 108 cm³/mol. The lowest BCUT2D eigenvalue weighted by molar-refractivity contribution is -0.127. The van der Waals surface area contributed by atoms with Gasteiger partial charge in [0.15, 0.2) is 0 Å². The van der Waals surface area contributed by atoms with Crippen LogP contribution in [-0.2, 0) is 27.4 Å². The van der Waals surface area contributed by atoms with Crippen LogP contribution in [0.25, 0.3) is 0 Å². The van der Waals surface area contributed by atoms with Crippen molar-refractivity contribution in [2.45, 2.75) is 38.0 Å². The summed E-state index contributed by atoms with van der Waals surface area (Å²) in [6, 6.07) is 18.0. The van der Waals surface area contributed by atoms with Crippen molar-refractivity contribution in [3.8, 4) is 0 Å². The first kappa shape index (κ1) is 20.4. The van der Waals surface area contributed by atoms with Gasteiger partial charge < -0.3 is 20.7 Å². The SMILES string of the molecule is O=C(CNC(=O)[C@H](Cc1ccccc1)NC(=O)OCc1ccccc1)NC1CC1. The van der Waals surface area contributed by atoms with Gasteiger partial charge in [-0.2, -0.15) is 0 Å². The molecule has 3 amide bonds. The Morgan fingerprint density at radius 3 is 2.17 bits per heavy atom. The van der Waals surface area contributed by atoms with E-state index in [2.05, 4.69) is 16.0 Å². The van der Waals surface area contributed by atoms with E-state index in [4.69, 9.17) is 4.74 Å². The van der Waals surface area contributed by atoms with Crippen LogP contribution in [0, 0.1) is 0 Å². The predicted octanol–water partition coefficient (Wildman–Crippen LogP) is 1.92. The van der Waals surface area contributed by atoms with Crippen molar-refractivity contribution < 1.29 is 19.1 Å². The molecule has 3 N–H and O–H groups in total. The maximum absolute atomic E-state index is 12.6. The minimum atomic E-state index is -0.852. The van der Waals surface area contributed by atoms with Gasteiger partial charge >= 0.3 is 6.09 Å². The highest BCUT2D eigenvalue weighted by Gasteiger charge is 2.25. The average molecular weight is 395 g/mol. The minimum Gasteiger partial charge on any atom is -0.445 e. The van der Waals surface area contributed by atoms with Gasteiger partial charge in [0.05, 0.1) is 6.54 Å². The fraction of sp³-hybridized carbons (Fsp3) is 0.318. The van der Waals surface area contributed by atoms with Crippen LogP contribution in [0.15, 0.2) is 60.7 Å². The number of alkyl carbamates (subject to hydrolysis) is 1. The summed E-state index contributed by atoms with van der Waals surface area (Å²) in [5.41, 5.74) is 1.74. The van der Waals surface area contributed by atoms with Crippen molar-refractivity contribution in [3.63, 3.8) is 0 Å². The van der Waals surface area contributed by atoms with Gasteiger partial charge in [0.1, 0.15) is 12.6 Å². The Labute approximate surface area is 169 Å². The third-order valence-electron chi connectivity index (χ3n) is 4.47. The van der Waals surface area contributed by atoms with E-state index in [1.165, 1.54) is 0 Å². The van der Waals surface area contributed by atoms with Gasteiger partial charge in [-0.15, -0.1) is 0 Å². The first-order valence-corrected chi connectivity index (χ1v) is 9.68. The molecule has 152 valence electrons. The second kappa shape index (κ2) is 10.3. The molecular formula is C22H25N3O4. The van der Waals surface area contributed by atoms with Crippen LogP contribution < -0.4 is 16.0 Å².